The summed E-state index contributed by atoms with van der Waals surface area (Å²) < 4.78 is 0. The highest BCUT2D eigenvalue weighted by atomic mass is 15.1. The SMILES string of the molecule is C=CCN(CC=C)C[C@H]1Cc2ccccc2N1. The first-order valence-corrected chi connectivity index (χ1v) is 6.12. The standard InChI is InChI=1S/C15H20N2/c1-3-9-17(10-4-2)12-14-11-13-7-5-6-8-15(13)16-14/h3-8,14,16H,1-2,9-12H2/t14-/m1/s1. The van der Waals surface area contributed by atoms with Gasteiger partial charge >= 0.3 is 0 Å². The number of nitrogens with zero attached hydrogens (tertiary/aromatic N) is 1. The minimum absolute atomic E-state index is 0.507. The molecule has 0 amide bonds. The lowest BCUT2D eigenvalue weighted by atomic mass is 10.1. The van der Waals surface area contributed by atoms with Crippen molar-refractivity contribution >= 4 is 5.69 Å². The minimum Gasteiger partial charge on any atom is -0.380 e. The number of nitrogens with one attached hydrogen (secondary N) is 1. The van der Waals surface area contributed by atoms with Gasteiger partial charge in [-0.05, 0) is 18.1 Å². The van der Waals surface area contributed by atoms with Crippen molar-refractivity contribution in [1.29, 1.82) is 0 Å². The van der Waals surface area contributed by atoms with E-state index in [1.807, 2.05) is 12.2 Å². The summed E-state index contributed by atoms with van der Waals surface area (Å²) in [7, 11) is 0. The summed E-state index contributed by atoms with van der Waals surface area (Å²) in [5.74, 6) is 0. The van der Waals surface area contributed by atoms with Gasteiger partial charge < -0.3 is 5.32 Å². The predicted octanol–water partition coefficient (Wildman–Crippen LogP) is 2.70. The Morgan fingerprint density at radius 1 is 1.24 bits per heavy atom. The van der Waals surface area contributed by atoms with Crippen LogP contribution in [0.3, 0.4) is 0 Å². The molecule has 0 bridgehead atoms. The molecule has 1 aromatic rings. The molecule has 0 spiro atoms. The first-order valence-electron chi connectivity index (χ1n) is 6.12. The average Bonchev–Trinajstić information content (AvgIpc) is 2.71. The summed E-state index contributed by atoms with van der Waals surface area (Å²) in [6.45, 7) is 10.5. The average molecular weight is 228 g/mol. The summed E-state index contributed by atoms with van der Waals surface area (Å²) in [4.78, 5) is 2.35. The lowest BCUT2D eigenvalue weighted by Crippen LogP contribution is -2.35. The molecule has 0 radical (unpaired) electrons. The quantitative estimate of drug-likeness (QED) is 0.753. The molecule has 0 saturated heterocycles. The summed E-state index contributed by atoms with van der Waals surface area (Å²) >= 11 is 0. The van der Waals surface area contributed by atoms with E-state index in [-0.39, 0.29) is 0 Å². The normalized spacial score (nSPS) is 17.6. The molecule has 0 aromatic heterocycles. The van der Waals surface area contributed by atoms with Gasteiger partial charge in [-0.2, -0.15) is 0 Å². The van der Waals surface area contributed by atoms with Crippen LogP contribution in [0.25, 0.3) is 0 Å². The Labute approximate surface area is 104 Å². The van der Waals surface area contributed by atoms with Crippen molar-refractivity contribution in [2.45, 2.75) is 12.5 Å². The summed E-state index contributed by atoms with van der Waals surface area (Å²) in [6, 6.07) is 9.05. The van der Waals surface area contributed by atoms with E-state index < -0.39 is 0 Å². The van der Waals surface area contributed by atoms with Crippen LogP contribution < -0.4 is 5.32 Å². The van der Waals surface area contributed by atoms with Crippen molar-refractivity contribution in [2.24, 2.45) is 0 Å². The molecule has 0 fully saturated rings. The monoisotopic (exact) mass is 228 g/mol. The van der Waals surface area contributed by atoms with E-state index in [9.17, 15) is 0 Å². The van der Waals surface area contributed by atoms with E-state index in [0.29, 0.717) is 6.04 Å². The molecule has 2 heteroatoms. The second-order valence-corrected chi connectivity index (χ2v) is 4.50. The summed E-state index contributed by atoms with van der Waals surface area (Å²) in [5, 5.41) is 3.57. The molecular formula is C15H20N2. The van der Waals surface area contributed by atoms with Gasteiger partial charge in [-0.25, -0.2) is 0 Å². The predicted molar refractivity (Wildman–Crippen MR) is 74.4 cm³/mol. The van der Waals surface area contributed by atoms with Crippen molar-refractivity contribution in [3.8, 4) is 0 Å². The molecule has 1 atom stereocenters. The van der Waals surface area contributed by atoms with Crippen LogP contribution in [0.4, 0.5) is 5.69 Å². The van der Waals surface area contributed by atoms with Crippen LogP contribution in [0.5, 0.6) is 0 Å². The molecule has 1 aliphatic rings. The van der Waals surface area contributed by atoms with E-state index >= 15 is 0 Å². The third-order valence-electron chi connectivity index (χ3n) is 3.10. The number of hydrogen-bond donors (Lipinski definition) is 1. The molecule has 90 valence electrons. The van der Waals surface area contributed by atoms with Crippen molar-refractivity contribution in [1.82, 2.24) is 4.90 Å². The van der Waals surface area contributed by atoms with Gasteiger partial charge in [0.1, 0.15) is 0 Å². The van der Waals surface area contributed by atoms with E-state index in [2.05, 4.69) is 47.6 Å². The zero-order valence-electron chi connectivity index (χ0n) is 10.2. The van der Waals surface area contributed by atoms with Gasteiger partial charge in [-0.3, -0.25) is 4.90 Å². The van der Waals surface area contributed by atoms with Crippen molar-refractivity contribution < 1.29 is 0 Å². The number of fused-ring (bicyclic) bond motifs is 1. The Balaban J connectivity index is 1.93. The van der Waals surface area contributed by atoms with Crippen LogP contribution in [-0.2, 0) is 6.42 Å². The Kier molecular flexibility index (Phi) is 3.99. The lowest BCUT2D eigenvalue weighted by Gasteiger charge is -2.23. The number of benzene rings is 1. The third kappa shape index (κ3) is 2.98. The van der Waals surface area contributed by atoms with Crippen molar-refractivity contribution in [3.63, 3.8) is 0 Å². The van der Waals surface area contributed by atoms with Crippen LogP contribution >= 0.6 is 0 Å². The third-order valence-corrected chi connectivity index (χ3v) is 3.10. The van der Waals surface area contributed by atoms with E-state index in [0.717, 1.165) is 26.1 Å². The number of rotatable bonds is 6. The second-order valence-electron chi connectivity index (χ2n) is 4.50. The summed E-state index contributed by atoms with van der Waals surface area (Å²) in [5.41, 5.74) is 2.71. The number of para-hydroxylation sites is 1. The molecule has 17 heavy (non-hydrogen) atoms. The molecule has 0 aliphatic carbocycles. The van der Waals surface area contributed by atoms with Crippen LogP contribution in [0.2, 0.25) is 0 Å². The molecule has 1 heterocycles. The zero-order chi connectivity index (χ0) is 12.1. The highest BCUT2D eigenvalue weighted by molar-refractivity contribution is 5.56. The Morgan fingerprint density at radius 2 is 1.94 bits per heavy atom. The molecular weight excluding hydrogens is 208 g/mol. The largest absolute Gasteiger partial charge is 0.380 e. The van der Waals surface area contributed by atoms with Gasteiger partial charge in [0.2, 0.25) is 0 Å². The maximum absolute atomic E-state index is 3.80. The zero-order valence-corrected chi connectivity index (χ0v) is 10.2. The fourth-order valence-electron chi connectivity index (χ4n) is 2.39. The van der Waals surface area contributed by atoms with Crippen LogP contribution in [-0.4, -0.2) is 30.6 Å². The van der Waals surface area contributed by atoms with Crippen LogP contribution in [0, 0.1) is 0 Å². The highest BCUT2D eigenvalue weighted by Crippen LogP contribution is 2.25. The first-order chi connectivity index (χ1) is 8.33. The van der Waals surface area contributed by atoms with Crippen molar-refractivity contribution in [3.05, 3.63) is 55.1 Å². The van der Waals surface area contributed by atoms with Gasteiger partial charge in [0.15, 0.2) is 0 Å². The Morgan fingerprint density at radius 3 is 2.59 bits per heavy atom. The minimum atomic E-state index is 0.507. The Bertz CT molecular complexity index is 363. The van der Waals surface area contributed by atoms with Crippen LogP contribution in [0.15, 0.2) is 49.6 Å². The van der Waals surface area contributed by atoms with Crippen molar-refractivity contribution in [2.75, 3.05) is 25.0 Å². The number of anilines is 1. The van der Waals surface area contributed by atoms with Gasteiger partial charge in [-0.15, -0.1) is 13.2 Å². The van der Waals surface area contributed by atoms with Gasteiger partial charge in [0.05, 0.1) is 0 Å². The smallest absolute Gasteiger partial charge is 0.0429 e. The molecule has 2 nitrogen and oxygen atoms in total. The van der Waals surface area contributed by atoms with Gasteiger partial charge in [0.25, 0.3) is 0 Å². The fraction of sp³-hybridized carbons (Fsp3) is 0.333. The van der Waals surface area contributed by atoms with E-state index in [1.54, 1.807) is 0 Å². The highest BCUT2D eigenvalue weighted by Gasteiger charge is 2.21. The number of hydrogen-bond acceptors (Lipinski definition) is 2. The molecule has 1 aromatic carbocycles. The van der Waals surface area contributed by atoms with E-state index in [4.69, 9.17) is 0 Å². The van der Waals surface area contributed by atoms with Gasteiger partial charge in [0, 0.05) is 31.4 Å². The molecule has 1 aliphatic heterocycles. The molecule has 0 saturated carbocycles. The fourth-order valence-corrected chi connectivity index (χ4v) is 2.39. The first kappa shape index (κ1) is 11.9. The molecule has 2 rings (SSSR count). The van der Waals surface area contributed by atoms with Crippen LogP contribution in [0.1, 0.15) is 5.56 Å². The van der Waals surface area contributed by atoms with Gasteiger partial charge in [-0.1, -0.05) is 30.4 Å². The lowest BCUT2D eigenvalue weighted by molar-refractivity contribution is 0.320. The maximum atomic E-state index is 3.80. The molecule has 0 unspecified atom stereocenters. The second kappa shape index (κ2) is 5.69. The molecule has 1 N–H and O–H groups in total. The maximum Gasteiger partial charge on any atom is 0.0429 e. The topological polar surface area (TPSA) is 15.3 Å². The Hall–Kier alpha value is -1.54. The van der Waals surface area contributed by atoms with E-state index in [1.165, 1.54) is 11.3 Å². The summed E-state index contributed by atoms with van der Waals surface area (Å²) in [6.07, 6.45) is 5.01.